The fraction of sp³-hybridized carbons (Fsp3) is 0.600. The number of thiophene rings is 1. The van der Waals surface area contributed by atoms with Crippen LogP contribution in [-0.2, 0) is 23.2 Å². The van der Waals surface area contributed by atoms with Gasteiger partial charge in [0.15, 0.2) is 11.6 Å². The van der Waals surface area contributed by atoms with Gasteiger partial charge in [0.2, 0.25) is 0 Å². The van der Waals surface area contributed by atoms with Crippen molar-refractivity contribution in [1.29, 1.82) is 0 Å². The first-order chi connectivity index (χ1) is 10.2. The summed E-state index contributed by atoms with van der Waals surface area (Å²) in [5.41, 5.74) is 3.71. The van der Waals surface area contributed by atoms with Gasteiger partial charge in [-0.25, -0.2) is 15.8 Å². The van der Waals surface area contributed by atoms with Crippen LogP contribution in [-0.4, -0.2) is 17.1 Å². The molecule has 0 unspecified atom stereocenters. The van der Waals surface area contributed by atoms with Crippen LogP contribution < -0.4 is 11.3 Å². The number of fused-ring (bicyclic) bond motifs is 3. The molecule has 1 aliphatic carbocycles. The number of aromatic nitrogens is 2. The summed E-state index contributed by atoms with van der Waals surface area (Å²) in [6.45, 7) is 4.20. The quantitative estimate of drug-likeness (QED) is 0.656. The van der Waals surface area contributed by atoms with E-state index in [0.29, 0.717) is 0 Å². The molecule has 0 bridgehead atoms. The van der Waals surface area contributed by atoms with Crippen molar-refractivity contribution in [2.75, 3.05) is 12.5 Å². The lowest BCUT2D eigenvalue weighted by Gasteiger charge is -2.28. The number of nitrogens with two attached hydrogens (primary N) is 1. The average molecular weight is 306 g/mol. The molecule has 2 aromatic heterocycles. The molecule has 114 valence electrons. The minimum atomic E-state index is -0.436. The second-order valence-electron chi connectivity index (χ2n) is 5.48. The topological polar surface area (TPSA) is 73.1 Å². The normalized spacial score (nSPS) is 14.7. The lowest BCUT2D eigenvalue weighted by Crippen LogP contribution is -2.30. The molecule has 0 radical (unpaired) electrons. The number of aryl methyl sites for hydroxylation is 2. The molecule has 3 N–H and O–H groups in total. The Labute approximate surface area is 128 Å². The van der Waals surface area contributed by atoms with Crippen molar-refractivity contribution in [2.45, 2.75) is 51.6 Å². The van der Waals surface area contributed by atoms with Crippen LogP contribution in [0.5, 0.6) is 0 Å². The van der Waals surface area contributed by atoms with Gasteiger partial charge in [-0.1, -0.05) is 13.8 Å². The number of hydrogen-bond acceptors (Lipinski definition) is 6. The second-order valence-corrected chi connectivity index (χ2v) is 6.57. The summed E-state index contributed by atoms with van der Waals surface area (Å²) in [6.07, 6.45) is 5.13. The molecule has 2 heterocycles. The number of nitrogens with zero attached hydrogens (tertiary/aromatic N) is 2. The molecule has 0 saturated carbocycles. The van der Waals surface area contributed by atoms with E-state index in [9.17, 15) is 0 Å². The predicted molar refractivity (Wildman–Crippen MR) is 86.5 cm³/mol. The zero-order valence-electron chi connectivity index (χ0n) is 12.8. The maximum atomic E-state index is 5.76. The summed E-state index contributed by atoms with van der Waals surface area (Å²) < 4.78 is 5.76. The first-order valence-corrected chi connectivity index (χ1v) is 8.35. The summed E-state index contributed by atoms with van der Waals surface area (Å²) in [6, 6.07) is 0. The highest BCUT2D eigenvalue weighted by Crippen LogP contribution is 2.41. The van der Waals surface area contributed by atoms with Crippen molar-refractivity contribution in [1.82, 2.24) is 9.97 Å². The monoisotopic (exact) mass is 306 g/mol. The maximum Gasteiger partial charge on any atom is 0.164 e. The van der Waals surface area contributed by atoms with Crippen molar-refractivity contribution < 1.29 is 4.74 Å². The van der Waals surface area contributed by atoms with E-state index in [1.54, 1.807) is 18.4 Å². The molecule has 6 heteroatoms. The Morgan fingerprint density at radius 2 is 2.05 bits per heavy atom. The first-order valence-electron chi connectivity index (χ1n) is 7.53. The van der Waals surface area contributed by atoms with Gasteiger partial charge in [-0.15, -0.1) is 11.3 Å². The molecular formula is C15H22N4OS. The van der Waals surface area contributed by atoms with Crippen LogP contribution in [0.25, 0.3) is 10.2 Å². The summed E-state index contributed by atoms with van der Waals surface area (Å²) in [5, 5.41) is 1.11. The number of anilines is 1. The van der Waals surface area contributed by atoms with Gasteiger partial charge in [0, 0.05) is 12.0 Å². The van der Waals surface area contributed by atoms with Crippen LogP contribution in [0, 0.1) is 0 Å². The van der Waals surface area contributed by atoms with Gasteiger partial charge in [-0.05, 0) is 37.7 Å². The highest BCUT2D eigenvalue weighted by molar-refractivity contribution is 7.19. The number of methoxy groups -OCH3 is 1. The van der Waals surface area contributed by atoms with Crippen LogP contribution in [0.1, 0.15) is 49.4 Å². The van der Waals surface area contributed by atoms with Crippen molar-refractivity contribution in [3.8, 4) is 0 Å². The van der Waals surface area contributed by atoms with E-state index < -0.39 is 5.60 Å². The van der Waals surface area contributed by atoms with E-state index >= 15 is 0 Å². The Balaban J connectivity index is 2.23. The van der Waals surface area contributed by atoms with Crippen LogP contribution >= 0.6 is 11.3 Å². The first kappa shape index (κ1) is 14.7. The standard InChI is InChI=1S/C15H22N4OS/c1-4-15(5-2,20-3)14-17-12(19-16)11-9-7-6-8-10(9)21-13(11)18-14/h4-8,16H2,1-3H3,(H,17,18,19). The summed E-state index contributed by atoms with van der Waals surface area (Å²) in [4.78, 5) is 12.0. The van der Waals surface area contributed by atoms with Gasteiger partial charge in [0.25, 0.3) is 0 Å². The van der Waals surface area contributed by atoms with Crippen LogP contribution in [0.3, 0.4) is 0 Å². The Bertz CT molecular complexity index is 655. The smallest absolute Gasteiger partial charge is 0.164 e. The molecule has 0 atom stereocenters. The Kier molecular flexibility index (Phi) is 3.86. The number of nitrogen functional groups attached to an aromatic ring is 1. The lowest BCUT2D eigenvalue weighted by molar-refractivity contribution is -0.0287. The summed E-state index contributed by atoms with van der Waals surface area (Å²) >= 11 is 1.78. The number of ether oxygens (including phenoxy) is 1. The molecule has 0 fully saturated rings. The molecule has 5 nitrogen and oxygen atoms in total. The fourth-order valence-corrected chi connectivity index (χ4v) is 4.51. The molecular weight excluding hydrogens is 284 g/mol. The van der Waals surface area contributed by atoms with Crippen LogP contribution in [0.2, 0.25) is 0 Å². The van der Waals surface area contributed by atoms with Gasteiger partial charge < -0.3 is 10.2 Å². The predicted octanol–water partition coefficient (Wildman–Crippen LogP) is 3.13. The molecule has 0 saturated heterocycles. The van der Waals surface area contributed by atoms with Crippen LogP contribution in [0.4, 0.5) is 5.82 Å². The third kappa shape index (κ3) is 2.13. The number of hydrogen-bond donors (Lipinski definition) is 2. The molecule has 0 amide bonds. The minimum Gasteiger partial charge on any atom is -0.370 e. The fourth-order valence-electron chi connectivity index (χ4n) is 3.25. The molecule has 3 rings (SSSR count). The second kappa shape index (κ2) is 5.51. The molecule has 21 heavy (non-hydrogen) atoms. The maximum absolute atomic E-state index is 5.76. The van der Waals surface area contributed by atoms with Gasteiger partial charge >= 0.3 is 0 Å². The SMILES string of the molecule is CCC(CC)(OC)c1nc(NN)c2c3c(sc2n1)CCC3. The third-order valence-corrected chi connectivity index (χ3v) is 5.83. The minimum absolute atomic E-state index is 0.436. The number of hydrazine groups is 1. The van der Waals surface area contributed by atoms with Gasteiger partial charge in [0.1, 0.15) is 10.4 Å². The van der Waals surface area contributed by atoms with E-state index in [2.05, 4.69) is 24.3 Å². The van der Waals surface area contributed by atoms with Crippen molar-refractivity contribution in [3.63, 3.8) is 0 Å². The highest BCUT2D eigenvalue weighted by atomic mass is 32.1. The highest BCUT2D eigenvalue weighted by Gasteiger charge is 2.33. The number of rotatable bonds is 5. The van der Waals surface area contributed by atoms with Crippen molar-refractivity contribution in [3.05, 3.63) is 16.3 Å². The Morgan fingerprint density at radius 1 is 1.29 bits per heavy atom. The molecule has 1 aliphatic rings. The zero-order chi connectivity index (χ0) is 15.0. The molecule has 2 aromatic rings. The van der Waals surface area contributed by atoms with Crippen molar-refractivity contribution in [2.24, 2.45) is 5.84 Å². The van der Waals surface area contributed by atoms with E-state index in [4.69, 9.17) is 15.6 Å². The summed E-state index contributed by atoms with van der Waals surface area (Å²) in [7, 11) is 1.73. The van der Waals surface area contributed by atoms with Gasteiger partial charge in [-0.2, -0.15) is 0 Å². The number of nitrogens with one attached hydrogen (secondary N) is 1. The Morgan fingerprint density at radius 3 is 2.67 bits per heavy atom. The third-order valence-electron chi connectivity index (χ3n) is 4.64. The van der Waals surface area contributed by atoms with E-state index in [0.717, 1.165) is 47.5 Å². The lowest BCUT2D eigenvalue weighted by atomic mass is 9.96. The van der Waals surface area contributed by atoms with Gasteiger partial charge in [0.05, 0.1) is 5.39 Å². The molecule has 0 spiro atoms. The van der Waals surface area contributed by atoms with Crippen molar-refractivity contribution >= 4 is 27.4 Å². The van der Waals surface area contributed by atoms with E-state index in [1.165, 1.54) is 16.9 Å². The van der Waals surface area contributed by atoms with Crippen LogP contribution in [0.15, 0.2) is 0 Å². The zero-order valence-corrected chi connectivity index (χ0v) is 13.6. The Hall–Kier alpha value is -1.24. The van der Waals surface area contributed by atoms with Gasteiger partial charge in [-0.3, -0.25) is 0 Å². The largest absolute Gasteiger partial charge is 0.370 e. The van der Waals surface area contributed by atoms with E-state index in [-0.39, 0.29) is 0 Å². The molecule has 0 aromatic carbocycles. The van der Waals surface area contributed by atoms with E-state index in [1.807, 2.05) is 0 Å². The summed E-state index contributed by atoms with van der Waals surface area (Å²) in [5.74, 6) is 7.20. The molecule has 0 aliphatic heterocycles. The average Bonchev–Trinajstić information content (AvgIpc) is 3.09.